The number of nitrogens with zero attached hydrogens (tertiary/aromatic N) is 1. The predicted octanol–water partition coefficient (Wildman–Crippen LogP) is 3.28. The molecule has 0 fully saturated rings. The first-order valence-electron chi connectivity index (χ1n) is 5.82. The Morgan fingerprint density at radius 2 is 2.22 bits per heavy atom. The zero-order valence-electron chi connectivity index (χ0n) is 11.1. The van der Waals surface area contributed by atoms with Crippen molar-refractivity contribution in [2.45, 2.75) is 42.7 Å². The molecule has 1 N–H and O–H groups in total. The van der Waals surface area contributed by atoms with Gasteiger partial charge in [0.15, 0.2) is 0 Å². The zero-order valence-corrected chi connectivity index (χ0v) is 12.7. The van der Waals surface area contributed by atoms with Gasteiger partial charge in [-0.05, 0) is 31.2 Å². The van der Waals surface area contributed by atoms with Gasteiger partial charge in [-0.2, -0.15) is 5.26 Å². The average Bonchev–Trinajstić information content (AvgIpc) is 2.81. The Hall–Kier alpha value is -0.990. The van der Waals surface area contributed by atoms with E-state index in [1.807, 2.05) is 38.3 Å². The van der Waals surface area contributed by atoms with E-state index in [1.54, 1.807) is 18.3 Å². The second-order valence-electron chi connectivity index (χ2n) is 4.65. The summed E-state index contributed by atoms with van der Waals surface area (Å²) in [6, 6.07) is 6.14. The van der Waals surface area contributed by atoms with E-state index in [2.05, 4.69) is 11.4 Å². The normalized spacial score (nSPS) is 15.8. The fourth-order valence-electron chi connectivity index (χ4n) is 1.22. The third-order valence-electron chi connectivity index (χ3n) is 2.93. The summed E-state index contributed by atoms with van der Waals surface area (Å²) >= 11 is 3.13. The zero-order chi connectivity index (χ0) is 13.8. The van der Waals surface area contributed by atoms with Gasteiger partial charge in [-0.1, -0.05) is 19.9 Å². The summed E-state index contributed by atoms with van der Waals surface area (Å²) in [7, 11) is 0. The van der Waals surface area contributed by atoms with Crippen LogP contribution in [0.2, 0.25) is 0 Å². The Bertz CT molecular complexity index is 436. The van der Waals surface area contributed by atoms with Crippen LogP contribution in [0.4, 0.5) is 0 Å². The first kappa shape index (κ1) is 15.1. The van der Waals surface area contributed by atoms with Crippen molar-refractivity contribution < 1.29 is 4.79 Å². The predicted molar refractivity (Wildman–Crippen MR) is 76.6 cm³/mol. The minimum Gasteiger partial charge on any atom is -0.337 e. The highest BCUT2D eigenvalue weighted by atomic mass is 32.2. The molecule has 18 heavy (non-hydrogen) atoms. The van der Waals surface area contributed by atoms with Crippen molar-refractivity contribution in [1.29, 1.82) is 5.26 Å². The van der Waals surface area contributed by atoms with E-state index >= 15 is 0 Å². The summed E-state index contributed by atoms with van der Waals surface area (Å²) < 4.78 is 1.11. The molecule has 1 rings (SSSR count). The van der Waals surface area contributed by atoms with E-state index in [0.29, 0.717) is 0 Å². The lowest BCUT2D eigenvalue weighted by Gasteiger charge is -2.28. The topological polar surface area (TPSA) is 52.9 Å². The van der Waals surface area contributed by atoms with Crippen LogP contribution in [0.15, 0.2) is 21.7 Å². The number of amides is 1. The Kier molecular flexibility index (Phi) is 5.24. The monoisotopic (exact) mass is 282 g/mol. The van der Waals surface area contributed by atoms with Crippen molar-refractivity contribution in [3.63, 3.8) is 0 Å². The Labute approximate surface area is 117 Å². The maximum Gasteiger partial charge on any atom is 0.234 e. The maximum absolute atomic E-state index is 12.1. The Morgan fingerprint density at radius 3 is 2.67 bits per heavy atom. The molecule has 0 aliphatic heterocycles. The molecule has 0 saturated carbocycles. The lowest BCUT2D eigenvalue weighted by molar-refractivity contribution is -0.121. The molecule has 0 unspecified atom stereocenters. The second kappa shape index (κ2) is 6.26. The Balaban J connectivity index is 2.63. The molecule has 0 aliphatic rings. The number of hydrogen-bond donors (Lipinski definition) is 1. The Morgan fingerprint density at radius 1 is 1.56 bits per heavy atom. The van der Waals surface area contributed by atoms with Crippen LogP contribution in [0, 0.1) is 17.2 Å². The molecule has 0 aromatic carbocycles. The van der Waals surface area contributed by atoms with Crippen molar-refractivity contribution in [2.75, 3.05) is 0 Å². The minimum atomic E-state index is -0.804. The summed E-state index contributed by atoms with van der Waals surface area (Å²) in [6.07, 6.45) is 0. The number of nitrogens with one attached hydrogen (secondary N) is 1. The molecule has 3 nitrogen and oxygen atoms in total. The minimum absolute atomic E-state index is 0.0744. The summed E-state index contributed by atoms with van der Waals surface area (Å²) in [5.41, 5.74) is -0.804. The van der Waals surface area contributed by atoms with Crippen molar-refractivity contribution in [3.05, 3.63) is 17.5 Å². The number of thiophene rings is 1. The number of thioether (sulfide) groups is 1. The third-order valence-corrected chi connectivity index (χ3v) is 5.10. The van der Waals surface area contributed by atoms with E-state index in [1.165, 1.54) is 11.8 Å². The molecule has 1 aromatic heterocycles. The van der Waals surface area contributed by atoms with Crippen molar-refractivity contribution >= 4 is 29.0 Å². The number of hydrogen-bond acceptors (Lipinski definition) is 4. The molecule has 0 bridgehead atoms. The molecule has 0 radical (unpaired) electrons. The van der Waals surface area contributed by atoms with E-state index in [-0.39, 0.29) is 17.1 Å². The summed E-state index contributed by atoms with van der Waals surface area (Å²) in [5.74, 6) is -0.0171. The molecule has 0 saturated heterocycles. The molecule has 1 amide bonds. The quantitative estimate of drug-likeness (QED) is 0.843. The van der Waals surface area contributed by atoms with Crippen LogP contribution in [-0.4, -0.2) is 16.7 Å². The molecule has 5 heteroatoms. The highest BCUT2D eigenvalue weighted by molar-refractivity contribution is 8.02. The van der Waals surface area contributed by atoms with Gasteiger partial charge in [0.25, 0.3) is 0 Å². The summed E-state index contributed by atoms with van der Waals surface area (Å²) in [5, 5.41) is 13.8. The fourth-order valence-corrected chi connectivity index (χ4v) is 3.16. The molecular formula is C13H18N2OS2. The SMILES string of the molecule is CC(C)[C@](C)(C#N)NC(=O)[C@@H](C)Sc1cccs1. The first-order valence-corrected chi connectivity index (χ1v) is 7.58. The number of rotatable bonds is 5. The standard InChI is InChI=1S/C13H18N2OS2/c1-9(2)13(4,8-14)15-12(16)10(3)18-11-6-5-7-17-11/h5-7,9-10H,1-4H3,(H,15,16)/t10-,13+/m1/s1. The van der Waals surface area contributed by atoms with Gasteiger partial charge in [0.05, 0.1) is 15.5 Å². The van der Waals surface area contributed by atoms with Gasteiger partial charge in [0, 0.05) is 0 Å². The maximum atomic E-state index is 12.1. The number of carbonyl (C=O) groups is 1. The lowest BCUT2D eigenvalue weighted by Crippen LogP contribution is -2.51. The van der Waals surface area contributed by atoms with E-state index in [0.717, 1.165) is 4.21 Å². The second-order valence-corrected chi connectivity index (χ2v) is 7.24. The summed E-state index contributed by atoms with van der Waals surface area (Å²) in [4.78, 5) is 12.1. The van der Waals surface area contributed by atoms with Crippen molar-refractivity contribution in [3.8, 4) is 6.07 Å². The highest BCUT2D eigenvalue weighted by Gasteiger charge is 2.31. The van der Waals surface area contributed by atoms with Crippen molar-refractivity contribution in [2.24, 2.45) is 5.92 Å². The van der Waals surface area contributed by atoms with Gasteiger partial charge >= 0.3 is 0 Å². The molecule has 98 valence electrons. The van der Waals surface area contributed by atoms with Crippen LogP contribution >= 0.6 is 23.1 Å². The average molecular weight is 282 g/mol. The number of nitriles is 1. The van der Waals surface area contributed by atoms with Gasteiger partial charge in [0.2, 0.25) is 5.91 Å². The first-order chi connectivity index (χ1) is 8.39. The van der Waals surface area contributed by atoms with Gasteiger partial charge in [-0.3, -0.25) is 4.79 Å². The van der Waals surface area contributed by atoms with E-state index in [4.69, 9.17) is 0 Å². The molecule has 2 atom stereocenters. The van der Waals surface area contributed by atoms with Crippen molar-refractivity contribution in [1.82, 2.24) is 5.32 Å². The smallest absolute Gasteiger partial charge is 0.234 e. The van der Waals surface area contributed by atoms with Crippen LogP contribution in [0.3, 0.4) is 0 Å². The van der Waals surface area contributed by atoms with Crippen LogP contribution in [0.25, 0.3) is 0 Å². The van der Waals surface area contributed by atoms with Crippen LogP contribution < -0.4 is 5.32 Å². The summed E-state index contributed by atoms with van der Waals surface area (Å²) in [6.45, 7) is 7.48. The highest BCUT2D eigenvalue weighted by Crippen LogP contribution is 2.28. The van der Waals surface area contributed by atoms with Gasteiger partial charge in [-0.15, -0.1) is 23.1 Å². The van der Waals surface area contributed by atoms with Crippen LogP contribution in [0.5, 0.6) is 0 Å². The number of carbonyl (C=O) groups excluding carboxylic acids is 1. The van der Waals surface area contributed by atoms with E-state index < -0.39 is 5.54 Å². The third kappa shape index (κ3) is 3.76. The van der Waals surface area contributed by atoms with Gasteiger partial charge in [-0.25, -0.2) is 0 Å². The molecule has 1 heterocycles. The van der Waals surface area contributed by atoms with E-state index in [9.17, 15) is 10.1 Å². The fraction of sp³-hybridized carbons (Fsp3) is 0.538. The molecule has 1 aromatic rings. The largest absolute Gasteiger partial charge is 0.337 e. The molecule has 0 aliphatic carbocycles. The van der Waals surface area contributed by atoms with Crippen LogP contribution in [0.1, 0.15) is 27.7 Å². The van der Waals surface area contributed by atoms with Crippen LogP contribution in [-0.2, 0) is 4.79 Å². The molecular weight excluding hydrogens is 264 g/mol. The lowest BCUT2D eigenvalue weighted by atomic mass is 9.90. The van der Waals surface area contributed by atoms with Gasteiger partial charge < -0.3 is 5.32 Å². The molecule has 0 spiro atoms. The van der Waals surface area contributed by atoms with Gasteiger partial charge in [0.1, 0.15) is 5.54 Å².